The topological polar surface area (TPSA) is 76.9 Å². The lowest BCUT2D eigenvalue weighted by Gasteiger charge is -1.97. The van der Waals surface area contributed by atoms with Gasteiger partial charge in [0.1, 0.15) is 11.8 Å². The minimum atomic E-state index is -1.08. The van der Waals surface area contributed by atoms with E-state index >= 15 is 0 Å². The third-order valence-corrected chi connectivity index (χ3v) is 2.34. The molecule has 0 saturated heterocycles. The Morgan fingerprint density at radius 1 is 1.60 bits per heavy atom. The van der Waals surface area contributed by atoms with E-state index in [0.29, 0.717) is 0 Å². The average Bonchev–Trinajstić information content (AvgIpc) is 2.61. The molecule has 1 aromatic rings. The number of aryl methyl sites for hydroxylation is 1. The molecule has 15 heavy (non-hydrogen) atoms. The monoisotopic (exact) mass is 206 g/mol. The van der Waals surface area contributed by atoms with Gasteiger partial charge in [0.25, 0.3) is 0 Å². The number of rotatable bonds is 5. The van der Waals surface area contributed by atoms with Gasteiger partial charge in [0.05, 0.1) is 5.56 Å². The lowest BCUT2D eigenvalue weighted by atomic mass is 10.1. The zero-order valence-corrected chi connectivity index (χ0v) is 8.71. The molecule has 0 aliphatic carbocycles. The number of aromatic nitrogens is 1. The Bertz CT molecular complexity index is 388. The maximum absolute atomic E-state index is 10.7. The maximum Gasteiger partial charge on any atom is 0.353 e. The number of hydrogen-bond donors (Lipinski definition) is 2. The number of carboxylic acid groups (broad SMARTS) is 1. The molecular formula is C11H14N2O2. The van der Waals surface area contributed by atoms with Crippen molar-refractivity contribution < 1.29 is 9.90 Å². The van der Waals surface area contributed by atoms with E-state index in [2.05, 4.69) is 11.9 Å². The second kappa shape index (κ2) is 5.20. The van der Waals surface area contributed by atoms with E-state index in [9.17, 15) is 4.79 Å². The first-order chi connectivity index (χ1) is 7.20. The van der Waals surface area contributed by atoms with Gasteiger partial charge in [0.2, 0.25) is 0 Å². The van der Waals surface area contributed by atoms with Crippen LogP contribution in [0.25, 0.3) is 0 Å². The molecule has 80 valence electrons. The lowest BCUT2D eigenvalue weighted by molar-refractivity contribution is 0.0691. The molecule has 0 aliphatic rings. The summed E-state index contributed by atoms with van der Waals surface area (Å²) in [5, 5.41) is 17.7. The SMILES string of the molecule is CCCCCc1c[nH]c(C(=O)O)c1C#N. The van der Waals surface area contributed by atoms with Crippen LogP contribution in [-0.2, 0) is 6.42 Å². The molecule has 4 heteroatoms. The quantitative estimate of drug-likeness (QED) is 0.726. The van der Waals surface area contributed by atoms with Crippen LogP contribution in [0.1, 0.15) is 47.8 Å². The summed E-state index contributed by atoms with van der Waals surface area (Å²) < 4.78 is 0. The van der Waals surface area contributed by atoms with E-state index < -0.39 is 5.97 Å². The Morgan fingerprint density at radius 2 is 2.33 bits per heavy atom. The molecule has 0 aliphatic heterocycles. The van der Waals surface area contributed by atoms with Crippen molar-refractivity contribution in [2.75, 3.05) is 0 Å². The molecule has 1 heterocycles. The number of nitrogens with one attached hydrogen (secondary N) is 1. The van der Waals surface area contributed by atoms with Gasteiger partial charge >= 0.3 is 5.97 Å². The van der Waals surface area contributed by atoms with E-state index in [1.165, 1.54) is 0 Å². The fraction of sp³-hybridized carbons (Fsp3) is 0.455. The van der Waals surface area contributed by atoms with E-state index in [1.54, 1.807) is 6.20 Å². The van der Waals surface area contributed by atoms with Crippen molar-refractivity contribution in [3.05, 3.63) is 23.0 Å². The molecule has 0 fully saturated rings. The molecule has 1 rings (SSSR count). The van der Waals surface area contributed by atoms with Gasteiger partial charge in [-0.1, -0.05) is 19.8 Å². The fourth-order valence-electron chi connectivity index (χ4n) is 1.52. The molecule has 0 spiro atoms. The summed E-state index contributed by atoms with van der Waals surface area (Å²) in [4.78, 5) is 13.4. The molecule has 0 atom stereocenters. The first kappa shape index (κ1) is 11.3. The Morgan fingerprint density at radius 3 is 2.87 bits per heavy atom. The van der Waals surface area contributed by atoms with Crippen molar-refractivity contribution >= 4 is 5.97 Å². The molecule has 0 saturated carbocycles. The number of aromatic carboxylic acids is 1. The standard InChI is InChI=1S/C11H14N2O2/c1-2-3-4-5-8-7-13-10(11(14)15)9(8)6-12/h7,13H,2-5H2,1H3,(H,14,15). The van der Waals surface area contributed by atoms with Crippen LogP contribution in [0.5, 0.6) is 0 Å². The van der Waals surface area contributed by atoms with Gasteiger partial charge in [0.15, 0.2) is 0 Å². The van der Waals surface area contributed by atoms with Crippen molar-refractivity contribution in [3.8, 4) is 6.07 Å². The van der Waals surface area contributed by atoms with E-state index in [-0.39, 0.29) is 11.3 Å². The Labute approximate surface area is 88.5 Å². The third-order valence-electron chi connectivity index (χ3n) is 2.34. The largest absolute Gasteiger partial charge is 0.477 e. The predicted molar refractivity (Wildman–Crippen MR) is 55.7 cm³/mol. The first-order valence-corrected chi connectivity index (χ1v) is 5.04. The molecule has 4 nitrogen and oxygen atoms in total. The molecule has 0 aromatic carbocycles. The molecule has 1 aromatic heterocycles. The Hall–Kier alpha value is -1.76. The first-order valence-electron chi connectivity index (χ1n) is 5.04. The van der Waals surface area contributed by atoms with Gasteiger partial charge in [-0.15, -0.1) is 0 Å². The van der Waals surface area contributed by atoms with Gasteiger partial charge in [-0.05, 0) is 18.4 Å². The molecular weight excluding hydrogens is 192 g/mol. The zero-order valence-electron chi connectivity index (χ0n) is 8.71. The number of unbranched alkanes of at least 4 members (excludes halogenated alkanes) is 2. The highest BCUT2D eigenvalue weighted by atomic mass is 16.4. The van der Waals surface area contributed by atoms with Crippen LogP contribution in [0.15, 0.2) is 6.20 Å². The Balaban J connectivity index is 2.81. The second-order valence-corrected chi connectivity index (χ2v) is 3.44. The number of nitriles is 1. The van der Waals surface area contributed by atoms with Crippen molar-refractivity contribution in [1.29, 1.82) is 5.26 Å². The highest BCUT2D eigenvalue weighted by Gasteiger charge is 2.15. The zero-order chi connectivity index (χ0) is 11.3. The minimum Gasteiger partial charge on any atom is -0.477 e. The second-order valence-electron chi connectivity index (χ2n) is 3.44. The van der Waals surface area contributed by atoms with Crippen LogP contribution in [0.4, 0.5) is 0 Å². The molecule has 0 bridgehead atoms. The predicted octanol–water partition coefficient (Wildman–Crippen LogP) is 2.32. The van der Waals surface area contributed by atoms with E-state index in [0.717, 1.165) is 31.2 Å². The fourth-order valence-corrected chi connectivity index (χ4v) is 1.52. The number of carboxylic acids is 1. The summed E-state index contributed by atoms with van der Waals surface area (Å²) >= 11 is 0. The summed E-state index contributed by atoms with van der Waals surface area (Å²) in [6.45, 7) is 2.10. The highest BCUT2D eigenvalue weighted by Crippen LogP contribution is 2.16. The van der Waals surface area contributed by atoms with Crippen LogP contribution in [-0.4, -0.2) is 16.1 Å². The summed E-state index contributed by atoms with van der Waals surface area (Å²) in [7, 11) is 0. The number of H-pyrrole nitrogens is 1. The lowest BCUT2D eigenvalue weighted by Crippen LogP contribution is -1.99. The highest BCUT2D eigenvalue weighted by molar-refractivity contribution is 5.89. The maximum atomic E-state index is 10.7. The third kappa shape index (κ3) is 2.59. The van der Waals surface area contributed by atoms with Crippen molar-refractivity contribution in [2.24, 2.45) is 0 Å². The van der Waals surface area contributed by atoms with Gasteiger partial charge in [0, 0.05) is 6.20 Å². The van der Waals surface area contributed by atoms with E-state index in [1.807, 2.05) is 6.07 Å². The van der Waals surface area contributed by atoms with Gasteiger partial charge < -0.3 is 10.1 Å². The van der Waals surface area contributed by atoms with Gasteiger partial charge in [-0.2, -0.15) is 5.26 Å². The minimum absolute atomic E-state index is 0.00370. The van der Waals surface area contributed by atoms with Gasteiger partial charge in [-0.3, -0.25) is 0 Å². The number of nitrogens with zero attached hydrogens (tertiary/aromatic N) is 1. The number of aromatic amines is 1. The van der Waals surface area contributed by atoms with Crippen molar-refractivity contribution in [3.63, 3.8) is 0 Å². The smallest absolute Gasteiger partial charge is 0.353 e. The summed E-state index contributed by atoms with van der Waals surface area (Å²) in [5.74, 6) is -1.08. The summed E-state index contributed by atoms with van der Waals surface area (Å²) in [6.07, 6.45) is 5.58. The van der Waals surface area contributed by atoms with Crippen LogP contribution in [0.3, 0.4) is 0 Å². The van der Waals surface area contributed by atoms with Crippen LogP contribution in [0, 0.1) is 11.3 Å². The molecule has 2 N–H and O–H groups in total. The Kier molecular flexibility index (Phi) is 3.92. The molecule has 0 unspecified atom stereocenters. The molecule has 0 amide bonds. The number of hydrogen-bond acceptors (Lipinski definition) is 2. The van der Waals surface area contributed by atoms with Crippen molar-refractivity contribution in [2.45, 2.75) is 32.6 Å². The normalized spacial score (nSPS) is 9.87. The van der Waals surface area contributed by atoms with Gasteiger partial charge in [-0.25, -0.2) is 4.79 Å². The number of carbonyl (C=O) groups is 1. The average molecular weight is 206 g/mol. The van der Waals surface area contributed by atoms with E-state index in [4.69, 9.17) is 10.4 Å². The van der Waals surface area contributed by atoms with Crippen molar-refractivity contribution in [1.82, 2.24) is 4.98 Å². The van der Waals surface area contributed by atoms with Crippen LogP contribution >= 0.6 is 0 Å². The van der Waals surface area contributed by atoms with Crippen LogP contribution < -0.4 is 0 Å². The van der Waals surface area contributed by atoms with Crippen LogP contribution in [0.2, 0.25) is 0 Å². The molecule has 0 radical (unpaired) electrons. The summed E-state index contributed by atoms with van der Waals surface area (Å²) in [5.41, 5.74) is 1.09. The summed E-state index contributed by atoms with van der Waals surface area (Å²) in [6, 6.07) is 1.94.